The summed E-state index contributed by atoms with van der Waals surface area (Å²) in [6.45, 7) is 6.77. The molecule has 1 fully saturated rings. The summed E-state index contributed by atoms with van der Waals surface area (Å²) in [6, 6.07) is 6.04. The Balaban J connectivity index is 1.95. The smallest absolute Gasteiger partial charge is 0.223 e. The van der Waals surface area contributed by atoms with Crippen molar-refractivity contribution in [2.45, 2.75) is 39.3 Å². The number of hydrogen-bond acceptors (Lipinski definition) is 3. The van der Waals surface area contributed by atoms with Gasteiger partial charge in [-0.3, -0.25) is 4.79 Å². The van der Waals surface area contributed by atoms with Gasteiger partial charge in [-0.25, -0.2) is 0 Å². The summed E-state index contributed by atoms with van der Waals surface area (Å²) in [7, 11) is 0. The number of para-hydroxylation sites is 1. The normalized spacial score (nSPS) is 26.7. The predicted octanol–water partition coefficient (Wildman–Crippen LogP) is 2.29. The standard InChI is InChI=1S/C17H23NO3/c1-10(2)7-14(20)18-8-12(9-19)17-15(18)13-6-4-5-11(3)16(13)21-17/h4-6,10,12,15,17,19H,7-9H2,1-3H3/t12-,15-,17-/m0/s1. The second-order valence-corrected chi connectivity index (χ2v) is 6.61. The molecule has 0 bridgehead atoms. The van der Waals surface area contributed by atoms with Gasteiger partial charge in [-0.2, -0.15) is 0 Å². The third kappa shape index (κ3) is 2.31. The maximum Gasteiger partial charge on any atom is 0.223 e. The minimum atomic E-state index is -0.109. The molecule has 3 atom stereocenters. The number of hydrogen-bond donors (Lipinski definition) is 1. The highest BCUT2D eigenvalue weighted by Gasteiger charge is 2.50. The van der Waals surface area contributed by atoms with Crippen molar-refractivity contribution in [3.63, 3.8) is 0 Å². The third-order valence-corrected chi connectivity index (χ3v) is 4.50. The Kier molecular flexibility index (Phi) is 3.66. The van der Waals surface area contributed by atoms with Crippen LogP contribution < -0.4 is 4.74 Å². The fourth-order valence-corrected chi connectivity index (χ4v) is 3.50. The molecule has 21 heavy (non-hydrogen) atoms. The van der Waals surface area contributed by atoms with Crippen LogP contribution in [0.3, 0.4) is 0 Å². The van der Waals surface area contributed by atoms with Gasteiger partial charge in [-0.05, 0) is 18.4 Å². The first-order chi connectivity index (χ1) is 10.0. The zero-order valence-electron chi connectivity index (χ0n) is 12.9. The van der Waals surface area contributed by atoms with Crippen molar-refractivity contribution in [3.8, 4) is 5.75 Å². The van der Waals surface area contributed by atoms with Crippen molar-refractivity contribution < 1.29 is 14.6 Å². The molecule has 0 spiro atoms. The number of benzene rings is 1. The molecule has 1 N–H and O–H groups in total. The summed E-state index contributed by atoms with van der Waals surface area (Å²) < 4.78 is 6.10. The Labute approximate surface area is 125 Å². The first-order valence-electron chi connectivity index (χ1n) is 7.69. The van der Waals surface area contributed by atoms with Gasteiger partial charge in [0.1, 0.15) is 11.9 Å². The Morgan fingerprint density at radius 3 is 2.90 bits per heavy atom. The second-order valence-electron chi connectivity index (χ2n) is 6.61. The number of carbonyl (C=O) groups excluding carboxylic acids is 1. The Hall–Kier alpha value is -1.55. The summed E-state index contributed by atoms with van der Waals surface area (Å²) in [4.78, 5) is 14.5. The number of likely N-dealkylation sites (tertiary alicyclic amines) is 1. The van der Waals surface area contributed by atoms with E-state index < -0.39 is 0 Å². The van der Waals surface area contributed by atoms with Crippen molar-refractivity contribution in [1.29, 1.82) is 0 Å². The molecule has 2 aliphatic rings. The zero-order chi connectivity index (χ0) is 15.1. The number of aliphatic hydroxyl groups excluding tert-OH is 1. The van der Waals surface area contributed by atoms with E-state index in [4.69, 9.17) is 4.74 Å². The zero-order valence-corrected chi connectivity index (χ0v) is 12.9. The van der Waals surface area contributed by atoms with Crippen molar-refractivity contribution >= 4 is 5.91 Å². The van der Waals surface area contributed by atoms with Gasteiger partial charge in [0.2, 0.25) is 5.91 Å². The molecular weight excluding hydrogens is 266 g/mol. The van der Waals surface area contributed by atoms with E-state index in [1.54, 1.807) is 0 Å². The van der Waals surface area contributed by atoms with E-state index in [9.17, 15) is 9.90 Å². The van der Waals surface area contributed by atoms with Gasteiger partial charge in [0.25, 0.3) is 0 Å². The largest absolute Gasteiger partial charge is 0.487 e. The number of aliphatic hydroxyl groups is 1. The molecule has 4 nitrogen and oxygen atoms in total. The first-order valence-corrected chi connectivity index (χ1v) is 7.69. The molecule has 1 aromatic carbocycles. The van der Waals surface area contributed by atoms with Crippen molar-refractivity contribution in [1.82, 2.24) is 4.90 Å². The monoisotopic (exact) mass is 289 g/mol. The van der Waals surface area contributed by atoms with Gasteiger partial charge in [0.15, 0.2) is 0 Å². The number of ether oxygens (including phenoxy) is 1. The maximum absolute atomic E-state index is 12.5. The molecule has 1 saturated heterocycles. The first kappa shape index (κ1) is 14.4. The summed E-state index contributed by atoms with van der Waals surface area (Å²) >= 11 is 0. The molecule has 0 aliphatic carbocycles. The van der Waals surface area contributed by atoms with E-state index in [2.05, 4.69) is 13.8 Å². The van der Waals surface area contributed by atoms with Gasteiger partial charge in [-0.15, -0.1) is 0 Å². The molecule has 0 aromatic heterocycles. The van der Waals surface area contributed by atoms with Crippen LogP contribution in [-0.4, -0.2) is 35.2 Å². The number of fused-ring (bicyclic) bond motifs is 3. The fourth-order valence-electron chi connectivity index (χ4n) is 3.50. The van der Waals surface area contributed by atoms with Crippen LogP contribution in [0.1, 0.15) is 37.4 Å². The Morgan fingerprint density at radius 1 is 1.48 bits per heavy atom. The number of nitrogens with zero attached hydrogens (tertiary/aromatic N) is 1. The van der Waals surface area contributed by atoms with E-state index in [0.717, 1.165) is 16.9 Å². The van der Waals surface area contributed by atoms with Crippen LogP contribution in [-0.2, 0) is 4.79 Å². The van der Waals surface area contributed by atoms with E-state index in [1.807, 2.05) is 30.0 Å². The lowest BCUT2D eigenvalue weighted by molar-refractivity contribution is -0.133. The van der Waals surface area contributed by atoms with Gasteiger partial charge in [0, 0.05) is 24.4 Å². The lowest BCUT2D eigenvalue weighted by Crippen LogP contribution is -2.32. The van der Waals surface area contributed by atoms with E-state index in [-0.39, 0.29) is 30.6 Å². The molecular formula is C17H23NO3. The van der Waals surface area contributed by atoms with Crippen LogP contribution >= 0.6 is 0 Å². The maximum atomic E-state index is 12.5. The van der Waals surface area contributed by atoms with Crippen LogP contribution in [0.2, 0.25) is 0 Å². The third-order valence-electron chi connectivity index (χ3n) is 4.50. The topological polar surface area (TPSA) is 49.8 Å². The number of carbonyl (C=O) groups is 1. The minimum absolute atomic E-state index is 0.00193. The quantitative estimate of drug-likeness (QED) is 0.929. The van der Waals surface area contributed by atoms with Gasteiger partial charge in [-0.1, -0.05) is 32.0 Å². The Bertz CT molecular complexity index is 555. The summed E-state index contributed by atoms with van der Waals surface area (Å²) in [5.41, 5.74) is 2.18. The summed E-state index contributed by atoms with van der Waals surface area (Å²) in [6.07, 6.45) is 0.435. The molecule has 0 radical (unpaired) electrons. The van der Waals surface area contributed by atoms with Crippen molar-refractivity contribution in [2.24, 2.45) is 11.8 Å². The van der Waals surface area contributed by atoms with Gasteiger partial charge >= 0.3 is 0 Å². The van der Waals surface area contributed by atoms with Crippen LogP contribution in [0, 0.1) is 18.8 Å². The molecule has 1 aromatic rings. The van der Waals surface area contributed by atoms with Crippen LogP contribution in [0.4, 0.5) is 0 Å². The highest BCUT2D eigenvalue weighted by Crippen LogP contribution is 2.48. The highest BCUT2D eigenvalue weighted by atomic mass is 16.5. The fraction of sp³-hybridized carbons (Fsp3) is 0.588. The van der Waals surface area contributed by atoms with E-state index in [1.165, 1.54) is 0 Å². The molecule has 0 saturated carbocycles. The molecule has 1 amide bonds. The van der Waals surface area contributed by atoms with Crippen LogP contribution in [0.5, 0.6) is 5.75 Å². The lowest BCUT2D eigenvalue weighted by atomic mass is 9.98. The number of aryl methyl sites for hydroxylation is 1. The van der Waals surface area contributed by atoms with Gasteiger partial charge < -0.3 is 14.7 Å². The van der Waals surface area contributed by atoms with Crippen molar-refractivity contribution in [2.75, 3.05) is 13.2 Å². The molecule has 2 aliphatic heterocycles. The average molecular weight is 289 g/mol. The predicted molar refractivity (Wildman–Crippen MR) is 80.1 cm³/mol. The van der Waals surface area contributed by atoms with Gasteiger partial charge in [0.05, 0.1) is 12.6 Å². The molecule has 4 heteroatoms. The molecule has 114 valence electrons. The molecule has 3 rings (SSSR count). The molecule has 2 heterocycles. The van der Waals surface area contributed by atoms with Crippen LogP contribution in [0.25, 0.3) is 0 Å². The number of amides is 1. The Morgan fingerprint density at radius 2 is 2.24 bits per heavy atom. The van der Waals surface area contributed by atoms with E-state index in [0.29, 0.717) is 18.9 Å². The second kappa shape index (κ2) is 5.34. The SMILES string of the molecule is Cc1cccc2c1O[C@H]1[C@H](CO)CN(C(=O)CC(C)C)[C@@H]21. The van der Waals surface area contributed by atoms with Crippen LogP contribution in [0.15, 0.2) is 18.2 Å². The number of rotatable bonds is 3. The lowest BCUT2D eigenvalue weighted by Gasteiger charge is -2.24. The summed E-state index contributed by atoms with van der Waals surface area (Å²) in [5, 5.41) is 9.62. The summed E-state index contributed by atoms with van der Waals surface area (Å²) in [5.74, 6) is 1.39. The molecule has 0 unspecified atom stereocenters. The highest BCUT2D eigenvalue weighted by molar-refractivity contribution is 5.78. The van der Waals surface area contributed by atoms with E-state index >= 15 is 0 Å². The average Bonchev–Trinajstić information content (AvgIpc) is 2.96. The van der Waals surface area contributed by atoms with Crippen molar-refractivity contribution in [3.05, 3.63) is 29.3 Å². The minimum Gasteiger partial charge on any atom is -0.487 e.